The minimum absolute atomic E-state index is 0.0421. The van der Waals surface area contributed by atoms with E-state index >= 15 is 0 Å². The molecule has 1 unspecified atom stereocenters. The highest BCUT2D eigenvalue weighted by molar-refractivity contribution is 5.76. The summed E-state index contributed by atoms with van der Waals surface area (Å²) < 4.78 is 80.2. The van der Waals surface area contributed by atoms with Gasteiger partial charge in [-0.25, -0.2) is 9.59 Å². The van der Waals surface area contributed by atoms with Crippen molar-refractivity contribution in [2.45, 2.75) is 50.2 Å². The van der Waals surface area contributed by atoms with Crippen molar-refractivity contribution in [3.63, 3.8) is 0 Å². The Hall–Kier alpha value is -3.44. The summed E-state index contributed by atoms with van der Waals surface area (Å²) in [5.41, 5.74) is -2.60. The third-order valence-corrected chi connectivity index (χ3v) is 6.76. The van der Waals surface area contributed by atoms with Crippen molar-refractivity contribution in [2.24, 2.45) is 0 Å². The Labute approximate surface area is 210 Å². The van der Waals surface area contributed by atoms with Crippen LogP contribution in [0.1, 0.15) is 54.1 Å². The molecule has 3 rings (SSSR count). The normalized spacial score (nSPS) is 19.3. The summed E-state index contributed by atoms with van der Waals surface area (Å²) in [7, 11) is 2.69. The molecule has 1 saturated heterocycles. The summed E-state index contributed by atoms with van der Waals surface area (Å²) in [6.45, 7) is 1.58. The number of carboxylic acid groups (broad SMARTS) is 1. The van der Waals surface area contributed by atoms with Gasteiger partial charge in [-0.2, -0.15) is 26.3 Å². The molecule has 37 heavy (non-hydrogen) atoms. The van der Waals surface area contributed by atoms with E-state index in [1.54, 1.807) is 30.3 Å². The van der Waals surface area contributed by atoms with Gasteiger partial charge in [0.1, 0.15) is 0 Å². The maximum Gasteiger partial charge on any atom is 0.416 e. The van der Waals surface area contributed by atoms with Crippen LogP contribution in [-0.4, -0.2) is 58.6 Å². The van der Waals surface area contributed by atoms with E-state index in [-0.39, 0.29) is 18.2 Å². The number of piperidine rings is 1. The predicted molar refractivity (Wildman–Crippen MR) is 123 cm³/mol. The minimum Gasteiger partial charge on any atom is -0.465 e. The molecule has 0 radical (unpaired) electrons. The maximum absolute atomic E-state index is 13.6. The molecule has 12 heteroatoms. The highest BCUT2D eigenvalue weighted by Gasteiger charge is 2.42. The van der Waals surface area contributed by atoms with Gasteiger partial charge in [0.25, 0.3) is 0 Å². The third kappa shape index (κ3) is 6.11. The zero-order valence-electron chi connectivity index (χ0n) is 20.3. The number of carbonyl (C=O) groups excluding carboxylic acids is 1. The van der Waals surface area contributed by atoms with E-state index in [4.69, 9.17) is 0 Å². The molecule has 0 aliphatic carbocycles. The Morgan fingerprint density at radius 3 is 2.00 bits per heavy atom. The predicted octanol–water partition coefficient (Wildman–Crippen LogP) is 6.65. The molecule has 1 fully saturated rings. The number of urea groups is 1. The Kier molecular flexibility index (Phi) is 7.99. The lowest BCUT2D eigenvalue weighted by Gasteiger charge is -2.46. The van der Waals surface area contributed by atoms with Crippen LogP contribution in [0.25, 0.3) is 0 Å². The summed E-state index contributed by atoms with van der Waals surface area (Å²) in [4.78, 5) is 29.0. The van der Waals surface area contributed by atoms with Crippen molar-refractivity contribution in [3.8, 4) is 0 Å². The van der Waals surface area contributed by atoms with E-state index in [9.17, 15) is 41.0 Å². The molecule has 1 heterocycles. The average molecular weight is 531 g/mol. The van der Waals surface area contributed by atoms with Crippen LogP contribution >= 0.6 is 0 Å². The molecular formula is C25H27F6N3O3. The molecule has 202 valence electrons. The van der Waals surface area contributed by atoms with Crippen molar-refractivity contribution in [2.75, 3.05) is 20.6 Å². The largest absolute Gasteiger partial charge is 0.465 e. The summed E-state index contributed by atoms with van der Waals surface area (Å²) >= 11 is 0. The lowest BCUT2D eigenvalue weighted by atomic mass is 9.89. The topological polar surface area (TPSA) is 64.1 Å². The summed E-state index contributed by atoms with van der Waals surface area (Å²) in [5, 5.41) is 9.58. The van der Waals surface area contributed by atoms with E-state index in [0.29, 0.717) is 30.5 Å². The molecule has 0 aromatic heterocycles. The smallest absolute Gasteiger partial charge is 0.416 e. The SMILES string of the molecule is CC(c1cc(C(F)(F)F)cc(C(F)(F)F)c1)N(C)C(=O)N1CCC[C@@H](N(C)C(=O)O)[C@H]1c1ccccc1. The van der Waals surface area contributed by atoms with Gasteiger partial charge in [-0.3, -0.25) is 0 Å². The molecule has 2 aromatic rings. The first kappa shape index (κ1) is 28.1. The number of halogens is 6. The molecule has 3 atom stereocenters. The summed E-state index contributed by atoms with van der Waals surface area (Å²) in [6.07, 6.45) is -10.3. The van der Waals surface area contributed by atoms with Gasteiger partial charge in [0, 0.05) is 20.6 Å². The number of benzene rings is 2. The van der Waals surface area contributed by atoms with Crippen molar-refractivity contribution >= 4 is 12.1 Å². The van der Waals surface area contributed by atoms with E-state index in [1.165, 1.54) is 25.9 Å². The maximum atomic E-state index is 13.6. The highest BCUT2D eigenvalue weighted by atomic mass is 19.4. The number of carbonyl (C=O) groups is 2. The van der Waals surface area contributed by atoms with Gasteiger partial charge >= 0.3 is 24.5 Å². The van der Waals surface area contributed by atoms with E-state index in [1.807, 2.05) is 0 Å². The molecule has 0 bridgehead atoms. The number of amides is 3. The van der Waals surface area contributed by atoms with Gasteiger partial charge in [-0.05, 0) is 49.1 Å². The average Bonchev–Trinajstić information content (AvgIpc) is 2.85. The van der Waals surface area contributed by atoms with Gasteiger partial charge in [-0.1, -0.05) is 30.3 Å². The molecule has 0 saturated carbocycles. The summed E-state index contributed by atoms with van der Waals surface area (Å²) in [5.74, 6) is 0. The molecule has 3 amide bonds. The molecule has 6 nitrogen and oxygen atoms in total. The Balaban J connectivity index is 2.00. The van der Waals surface area contributed by atoms with E-state index < -0.39 is 53.7 Å². The van der Waals surface area contributed by atoms with Crippen molar-refractivity contribution in [3.05, 3.63) is 70.8 Å². The first-order valence-corrected chi connectivity index (χ1v) is 11.5. The number of rotatable bonds is 4. The first-order valence-electron chi connectivity index (χ1n) is 11.5. The molecule has 1 aliphatic rings. The van der Waals surface area contributed by atoms with Crippen LogP contribution in [0.15, 0.2) is 48.5 Å². The van der Waals surface area contributed by atoms with Crippen molar-refractivity contribution in [1.29, 1.82) is 0 Å². The second-order valence-electron chi connectivity index (χ2n) is 9.06. The number of nitrogens with zero attached hydrogens (tertiary/aromatic N) is 3. The Morgan fingerprint density at radius 2 is 1.51 bits per heavy atom. The zero-order chi connectivity index (χ0) is 27.7. The highest BCUT2D eigenvalue weighted by Crippen LogP contribution is 2.39. The second kappa shape index (κ2) is 10.5. The third-order valence-electron chi connectivity index (χ3n) is 6.76. The number of likely N-dealkylation sites (N-methyl/N-ethyl adjacent to an activating group) is 1. The lowest BCUT2D eigenvalue weighted by Crippen LogP contribution is -2.54. The van der Waals surface area contributed by atoms with Crippen molar-refractivity contribution < 1.29 is 41.0 Å². The van der Waals surface area contributed by atoms with Gasteiger partial charge in [0.05, 0.1) is 29.3 Å². The lowest BCUT2D eigenvalue weighted by molar-refractivity contribution is -0.143. The number of hydrogen-bond acceptors (Lipinski definition) is 2. The van der Waals surface area contributed by atoms with Crippen LogP contribution in [0.5, 0.6) is 0 Å². The quantitative estimate of drug-likeness (QED) is 0.449. The number of hydrogen-bond donors (Lipinski definition) is 1. The standard InChI is InChI=1S/C25H27F6N3O3/c1-15(17-12-18(24(26,27)28)14-19(13-17)25(29,30)31)32(2)22(35)34-11-7-10-20(33(3)23(36)37)21(34)16-8-5-4-6-9-16/h4-6,8-9,12-15,20-21H,7,10-11H2,1-3H3,(H,36,37)/t15?,20-,21-/m1/s1. The van der Waals surface area contributed by atoms with Gasteiger partial charge in [0.15, 0.2) is 0 Å². The summed E-state index contributed by atoms with van der Waals surface area (Å²) in [6, 6.07) is 6.86. The fourth-order valence-corrected chi connectivity index (χ4v) is 4.60. The fraction of sp³-hybridized carbons (Fsp3) is 0.440. The Bertz CT molecular complexity index is 1090. The monoisotopic (exact) mass is 531 g/mol. The van der Waals surface area contributed by atoms with E-state index in [0.717, 1.165) is 9.80 Å². The van der Waals surface area contributed by atoms with Crippen LogP contribution in [0.2, 0.25) is 0 Å². The molecular weight excluding hydrogens is 504 g/mol. The Morgan fingerprint density at radius 1 is 0.973 bits per heavy atom. The van der Waals surface area contributed by atoms with Crippen LogP contribution < -0.4 is 0 Å². The number of alkyl halides is 6. The van der Waals surface area contributed by atoms with E-state index in [2.05, 4.69) is 0 Å². The van der Waals surface area contributed by atoms with Crippen LogP contribution in [-0.2, 0) is 12.4 Å². The fourth-order valence-electron chi connectivity index (χ4n) is 4.60. The van der Waals surface area contributed by atoms with Crippen LogP contribution in [0.3, 0.4) is 0 Å². The van der Waals surface area contributed by atoms with Crippen LogP contribution in [0.4, 0.5) is 35.9 Å². The minimum atomic E-state index is -5.02. The van der Waals surface area contributed by atoms with Gasteiger partial charge < -0.3 is 19.8 Å². The number of likely N-dealkylation sites (tertiary alicyclic amines) is 1. The molecule has 2 aromatic carbocycles. The van der Waals surface area contributed by atoms with Gasteiger partial charge in [0.2, 0.25) is 0 Å². The van der Waals surface area contributed by atoms with Crippen LogP contribution in [0, 0.1) is 0 Å². The molecule has 1 aliphatic heterocycles. The molecule has 0 spiro atoms. The van der Waals surface area contributed by atoms with Gasteiger partial charge in [-0.15, -0.1) is 0 Å². The molecule has 1 N–H and O–H groups in total. The van der Waals surface area contributed by atoms with Crippen molar-refractivity contribution in [1.82, 2.24) is 14.7 Å². The second-order valence-corrected chi connectivity index (χ2v) is 9.06. The first-order chi connectivity index (χ1) is 17.1. The zero-order valence-corrected chi connectivity index (χ0v) is 20.3.